The average Bonchev–Trinajstić information content (AvgIpc) is 2.37. The third-order valence-electron chi connectivity index (χ3n) is 3.03. The van der Waals surface area contributed by atoms with E-state index in [9.17, 15) is 18.0 Å². The Balaban J connectivity index is 2.52. The Morgan fingerprint density at radius 1 is 1.25 bits per heavy atom. The summed E-state index contributed by atoms with van der Waals surface area (Å²) in [5.74, 6) is 0.0112. The van der Waals surface area contributed by atoms with Gasteiger partial charge in [0.15, 0.2) is 0 Å². The number of halogens is 3. The molecule has 1 unspecified atom stereocenters. The summed E-state index contributed by atoms with van der Waals surface area (Å²) >= 11 is 0. The molecule has 1 aromatic carbocycles. The smallest absolute Gasteiger partial charge is 0.349 e. The van der Waals surface area contributed by atoms with Gasteiger partial charge in [-0.05, 0) is 24.6 Å². The van der Waals surface area contributed by atoms with Crippen LogP contribution in [0, 0.1) is 0 Å². The van der Waals surface area contributed by atoms with Crippen LogP contribution in [-0.4, -0.2) is 31.4 Å². The zero-order valence-electron chi connectivity index (χ0n) is 11.8. The third-order valence-corrected chi connectivity index (χ3v) is 3.03. The summed E-state index contributed by atoms with van der Waals surface area (Å²) in [6, 6.07) is 4.94. The highest BCUT2D eigenvalue weighted by atomic mass is 19.4. The second-order valence-corrected chi connectivity index (χ2v) is 4.83. The Morgan fingerprint density at radius 2 is 1.80 bits per heavy atom. The first-order valence-electron chi connectivity index (χ1n) is 6.32. The molecule has 0 heterocycles. The maximum atomic E-state index is 12.4. The van der Waals surface area contributed by atoms with E-state index < -0.39 is 11.7 Å². The van der Waals surface area contributed by atoms with Crippen LogP contribution in [0.3, 0.4) is 0 Å². The minimum Gasteiger partial charge on any atom is -0.349 e. The number of carbonyl (C=O) groups excluding carboxylic acids is 1. The van der Waals surface area contributed by atoms with Gasteiger partial charge in [0, 0.05) is 33.1 Å². The molecule has 0 spiro atoms. The lowest BCUT2D eigenvalue weighted by molar-refractivity contribution is -0.137. The quantitative estimate of drug-likeness (QED) is 0.903. The van der Waals surface area contributed by atoms with E-state index in [2.05, 4.69) is 5.32 Å². The highest BCUT2D eigenvalue weighted by molar-refractivity contribution is 5.75. The summed E-state index contributed by atoms with van der Waals surface area (Å²) < 4.78 is 37.3. The van der Waals surface area contributed by atoms with Crippen LogP contribution in [0.5, 0.6) is 0 Å². The van der Waals surface area contributed by atoms with Crippen LogP contribution in [0.1, 0.15) is 30.5 Å². The van der Waals surface area contributed by atoms with Crippen molar-refractivity contribution in [3.8, 4) is 0 Å². The third kappa shape index (κ3) is 4.85. The first kappa shape index (κ1) is 16.5. The van der Waals surface area contributed by atoms with E-state index in [-0.39, 0.29) is 11.9 Å². The molecule has 0 fully saturated rings. The average molecular weight is 288 g/mol. The number of benzene rings is 1. The first-order chi connectivity index (χ1) is 9.21. The molecule has 1 rings (SSSR count). The van der Waals surface area contributed by atoms with E-state index in [4.69, 9.17) is 0 Å². The van der Waals surface area contributed by atoms with Gasteiger partial charge in [-0.15, -0.1) is 0 Å². The van der Waals surface area contributed by atoms with Crippen molar-refractivity contribution in [2.75, 3.05) is 20.6 Å². The molecular formula is C14H19F3N2O. The normalized spacial score (nSPS) is 13.1. The van der Waals surface area contributed by atoms with Crippen LogP contribution in [0.4, 0.5) is 13.2 Å². The maximum absolute atomic E-state index is 12.4. The Kier molecular flexibility index (Phi) is 5.56. The summed E-state index contributed by atoms with van der Waals surface area (Å²) in [5.41, 5.74) is 0.103. The molecule has 1 amide bonds. The van der Waals surface area contributed by atoms with Gasteiger partial charge in [-0.25, -0.2) is 0 Å². The summed E-state index contributed by atoms with van der Waals surface area (Å²) in [6.45, 7) is 2.34. The fraction of sp³-hybridized carbons (Fsp3) is 0.500. The molecule has 0 aliphatic heterocycles. The van der Waals surface area contributed by atoms with Gasteiger partial charge in [0.2, 0.25) is 5.91 Å². The molecule has 20 heavy (non-hydrogen) atoms. The number of rotatable bonds is 5. The topological polar surface area (TPSA) is 32.3 Å². The van der Waals surface area contributed by atoms with Crippen LogP contribution in [0.2, 0.25) is 0 Å². The van der Waals surface area contributed by atoms with Gasteiger partial charge in [-0.1, -0.05) is 12.1 Å². The number of carbonyl (C=O) groups is 1. The fourth-order valence-corrected chi connectivity index (χ4v) is 1.70. The predicted octanol–water partition coefficient (Wildman–Crippen LogP) is 2.83. The van der Waals surface area contributed by atoms with Crippen molar-refractivity contribution in [2.45, 2.75) is 25.6 Å². The molecule has 0 bridgehead atoms. The minimum absolute atomic E-state index is 0.0112. The molecule has 6 heteroatoms. The number of alkyl halides is 3. The molecule has 112 valence electrons. The van der Waals surface area contributed by atoms with Crippen molar-refractivity contribution >= 4 is 5.91 Å². The molecule has 0 aliphatic rings. The van der Waals surface area contributed by atoms with E-state index in [1.807, 2.05) is 6.92 Å². The van der Waals surface area contributed by atoms with Crippen molar-refractivity contribution in [1.29, 1.82) is 0 Å². The number of amides is 1. The Bertz CT molecular complexity index is 441. The summed E-state index contributed by atoms with van der Waals surface area (Å²) in [6.07, 6.45) is -3.95. The number of nitrogens with one attached hydrogen (secondary N) is 1. The van der Waals surface area contributed by atoms with Crippen LogP contribution >= 0.6 is 0 Å². The first-order valence-corrected chi connectivity index (χ1v) is 6.32. The molecule has 1 N–H and O–H groups in total. The predicted molar refractivity (Wildman–Crippen MR) is 71.2 cm³/mol. The van der Waals surface area contributed by atoms with Gasteiger partial charge in [0.1, 0.15) is 0 Å². The molecule has 0 saturated heterocycles. The van der Waals surface area contributed by atoms with Gasteiger partial charge in [-0.2, -0.15) is 13.2 Å². The second kappa shape index (κ2) is 6.74. The molecule has 0 aliphatic carbocycles. The Morgan fingerprint density at radius 3 is 2.25 bits per heavy atom. The SMILES string of the molecule is CC(NCCC(=O)N(C)C)c1ccc(C(F)(F)F)cc1. The number of nitrogens with zero attached hydrogens (tertiary/aromatic N) is 1. The van der Waals surface area contributed by atoms with E-state index in [0.29, 0.717) is 13.0 Å². The summed E-state index contributed by atoms with van der Waals surface area (Å²) in [5, 5.41) is 3.11. The van der Waals surface area contributed by atoms with E-state index in [0.717, 1.165) is 17.7 Å². The molecule has 3 nitrogen and oxygen atoms in total. The molecule has 0 aromatic heterocycles. The van der Waals surface area contributed by atoms with Gasteiger partial charge >= 0.3 is 6.18 Å². The highest BCUT2D eigenvalue weighted by Gasteiger charge is 2.30. The fourth-order valence-electron chi connectivity index (χ4n) is 1.70. The number of hydrogen-bond donors (Lipinski definition) is 1. The molecular weight excluding hydrogens is 269 g/mol. The van der Waals surface area contributed by atoms with E-state index in [1.165, 1.54) is 17.0 Å². The maximum Gasteiger partial charge on any atom is 0.416 e. The van der Waals surface area contributed by atoms with Crippen molar-refractivity contribution in [2.24, 2.45) is 0 Å². The van der Waals surface area contributed by atoms with Crippen molar-refractivity contribution in [1.82, 2.24) is 10.2 Å². The molecule has 0 radical (unpaired) electrons. The van der Waals surface area contributed by atoms with Crippen molar-refractivity contribution < 1.29 is 18.0 Å². The van der Waals surface area contributed by atoms with E-state index in [1.54, 1.807) is 14.1 Å². The largest absolute Gasteiger partial charge is 0.416 e. The Labute approximate surface area is 116 Å². The minimum atomic E-state index is -4.31. The summed E-state index contributed by atoms with van der Waals surface area (Å²) in [4.78, 5) is 12.9. The molecule has 0 saturated carbocycles. The highest BCUT2D eigenvalue weighted by Crippen LogP contribution is 2.29. The lowest BCUT2D eigenvalue weighted by atomic mass is 10.1. The standard InChI is InChI=1S/C14H19F3N2O/c1-10(18-9-8-13(20)19(2)3)11-4-6-12(7-5-11)14(15,16)17/h4-7,10,18H,8-9H2,1-3H3. The Hall–Kier alpha value is -1.56. The monoisotopic (exact) mass is 288 g/mol. The van der Waals surface area contributed by atoms with Crippen LogP contribution in [0.15, 0.2) is 24.3 Å². The zero-order valence-corrected chi connectivity index (χ0v) is 11.8. The number of hydrogen-bond acceptors (Lipinski definition) is 2. The van der Waals surface area contributed by atoms with Crippen LogP contribution in [0.25, 0.3) is 0 Å². The lowest BCUT2D eigenvalue weighted by Gasteiger charge is -2.16. The van der Waals surface area contributed by atoms with Gasteiger partial charge in [0.25, 0.3) is 0 Å². The van der Waals surface area contributed by atoms with Crippen molar-refractivity contribution in [3.05, 3.63) is 35.4 Å². The summed E-state index contributed by atoms with van der Waals surface area (Å²) in [7, 11) is 3.36. The van der Waals surface area contributed by atoms with Gasteiger partial charge in [-0.3, -0.25) is 4.79 Å². The lowest BCUT2D eigenvalue weighted by Crippen LogP contribution is -2.28. The van der Waals surface area contributed by atoms with Crippen molar-refractivity contribution in [3.63, 3.8) is 0 Å². The second-order valence-electron chi connectivity index (χ2n) is 4.83. The zero-order chi connectivity index (χ0) is 15.3. The van der Waals surface area contributed by atoms with E-state index >= 15 is 0 Å². The van der Waals surface area contributed by atoms with Crippen LogP contribution in [-0.2, 0) is 11.0 Å². The van der Waals surface area contributed by atoms with Gasteiger partial charge in [0.05, 0.1) is 5.56 Å². The van der Waals surface area contributed by atoms with Gasteiger partial charge < -0.3 is 10.2 Å². The van der Waals surface area contributed by atoms with Crippen LogP contribution < -0.4 is 5.32 Å². The molecule has 1 aromatic rings. The molecule has 1 atom stereocenters.